The van der Waals surface area contributed by atoms with Crippen LogP contribution in [-0.4, -0.2) is 42.8 Å². The Morgan fingerprint density at radius 3 is 2.84 bits per heavy atom. The van der Waals surface area contributed by atoms with E-state index in [9.17, 15) is 0 Å². The van der Waals surface area contributed by atoms with Crippen LogP contribution in [-0.2, 0) is 6.54 Å². The van der Waals surface area contributed by atoms with E-state index in [1.54, 1.807) is 0 Å². The maximum absolute atomic E-state index is 9.15. The van der Waals surface area contributed by atoms with Gasteiger partial charge < -0.3 is 10.4 Å². The van der Waals surface area contributed by atoms with Gasteiger partial charge in [0.25, 0.3) is 0 Å². The topological polar surface area (TPSA) is 35.5 Å². The van der Waals surface area contributed by atoms with E-state index in [4.69, 9.17) is 5.11 Å². The first-order valence-electron chi connectivity index (χ1n) is 7.38. The molecule has 0 bridgehead atoms. The van der Waals surface area contributed by atoms with Gasteiger partial charge in [0.1, 0.15) is 0 Å². The van der Waals surface area contributed by atoms with Gasteiger partial charge in [0.2, 0.25) is 0 Å². The van der Waals surface area contributed by atoms with Crippen molar-refractivity contribution in [1.29, 1.82) is 0 Å². The second kappa shape index (κ2) is 7.63. The minimum Gasteiger partial charge on any atom is -0.396 e. The van der Waals surface area contributed by atoms with Crippen LogP contribution in [0.5, 0.6) is 0 Å². The second-order valence-electron chi connectivity index (χ2n) is 5.53. The Morgan fingerprint density at radius 2 is 2.16 bits per heavy atom. The maximum atomic E-state index is 9.15. The number of piperidine rings is 1. The summed E-state index contributed by atoms with van der Waals surface area (Å²) in [5.74, 6) is 0.662. The molecule has 2 rings (SSSR count). The Hall–Kier alpha value is -0.900. The van der Waals surface area contributed by atoms with Crippen molar-refractivity contribution in [3.63, 3.8) is 0 Å². The van der Waals surface area contributed by atoms with Gasteiger partial charge in [-0.05, 0) is 44.3 Å². The molecule has 0 saturated carbocycles. The number of aliphatic hydroxyl groups excluding tert-OH is 1. The molecule has 1 aliphatic rings. The summed E-state index contributed by atoms with van der Waals surface area (Å²) in [5, 5.41) is 12.5. The molecule has 1 aromatic carbocycles. The molecular formula is C16H26N2O. The molecule has 3 heteroatoms. The summed E-state index contributed by atoms with van der Waals surface area (Å²) in [6.45, 7) is 3.66. The molecule has 1 aromatic rings. The van der Waals surface area contributed by atoms with Crippen molar-refractivity contribution in [1.82, 2.24) is 10.2 Å². The molecule has 106 valence electrons. The highest BCUT2D eigenvalue weighted by Gasteiger charge is 2.25. The van der Waals surface area contributed by atoms with E-state index in [1.807, 2.05) is 7.05 Å². The van der Waals surface area contributed by atoms with Gasteiger partial charge in [-0.3, -0.25) is 4.90 Å². The Balaban J connectivity index is 1.89. The lowest BCUT2D eigenvalue weighted by Gasteiger charge is -2.37. The quantitative estimate of drug-likeness (QED) is 0.821. The first-order chi connectivity index (χ1) is 9.33. The van der Waals surface area contributed by atoms with Gasteiger partial charge in [-0.2, -0.15) is 0 Å². The fourth-order valence-corrected chi connectivity index (χ4v) is 3.16. The Morgan fingerprint density at radius 1 is 1.37 bits per heavy atom. The zero-order chi connectivity index (χ0) is 13.5. The molecule has 1 heterocycles. The summed E-state index contributed by atoms with van der Waals surface area (Å²) in [4.78, 5) is 2.55. The van der Waals surface area contributed by atoms with E-state index in [0.29, 0.717) is 12.0 Å². The number of hydrogen-bond donors (Lipinski definition) is 2. The SMILES string of the molecule is CN[C@@H](CCO)[C@H]1CCCN(Cc2ccccc2)C1. The highest BCUT2D eigenvalue weighted by molar-refractivity contribution is 5.14. The van der Waals surface area contributed by atoms with Crippen LogP contribution in [0.4, 0.5) is 0 Å². The van der Waals surface area contributed by atoms with E-state index < -0.39 is 0 Å². The van der Waals surface area contributed by atoms with Crippen molar-refractivity contribution < 1.29 is 5.11 Å². The van der Waals surface area contributed by atoms with Crippen LogP contribution in [0, 0.1) is 5.92 Å². The summed E-state index contributed by atoms with van der Waals surface area (Å²) >= 11 is 0. The molecule has 0 radical (unpaired) electrons. The van der Waals surface area contributed by atoms with Crippen molar-refractivity contribution in [2.75, 3.05) is 26.7 Å². The Kier molecular flexibility index (Phi) is 5.83. The smallest absolute Gasteiger partial charge is 0.0445 e. The zero-order valence-electron chi connectivity index (χ0n) is 11.9. The molecule has 0 aromatic heterocycles. The molecule has 0 aliphatic carbocycles. The van der Waals surface area contributed by atoms with Crippen molar-refractivity contribution in [3.8, 4) is 0 Å². The Bertz CT molecular complexity index is 355. The Labute approximate surface area is 116 Å². The van der Waals surface area contributed by atoms with E-state index in [0.717, 1.165) is 19.5 Å². The van der Waals surface area contributed by atoms with Crippen LogP contribution in [0.1, 0.15) is 24.8 Å². The highest BCUT2D eigenvalue weighted by Crippen LogP contribution is 2.22. The summed E-state index contributed by atoms with van der Waals surface area (Å²) in [5.41, 5.74) is 1.39. The number of rotatable bonds is 6. The molecule has 19 heavy (non-hydrogen) atoms. The van der Waals surface area contributed by atoms with Gasteiger partial charge in [-0.1, -0.05) is 30.3 Å². The van der Waals surface area contributed by atoms with E-state index in [-0.39, 0.29) is 6.61 Å². The first-order valence-corrected chi connectivity index (χ1v) is 7.38. The predicted molar refractivity (Wildman–Crippen MR) is 79.0 cm³/mol. The standard InChI is InChI=1S/C16H26N2O/c1-17-16(9-11-19)15-8-5-10-18(13-15)12-14-6-3-2-4-7-14/h2-4,6-7,15-17,19H,5,8-13H2,1H3/t15-,16-/m0/s1. The van der Waals surface area contributed by atoms with Crippen molar-refractivity contribution in [3.05, 3.63) is 35.9 Å². The largest absolute Gasteiger partial charge is 0.396 e. The van der Waals surface area contributed by atoms with Crippen LogP contribution in [0.25, 0.3) is 0 Å². The highest BCUT2D eigenvalue weighted by atomic mass is 16.3. The van der Waals surface area contributed by atoms with Crippen LogP contribution < -0.4 is 5.32 Å². The van der Waals surface area contributed by atoms with Crippen LogP contribution in [0.2, 0.25) is 0 Å². The normalized spacial score (nSPS) is 22.3. The second-order valence-corrected chi connectivity index (χ2v) is 5.53. The van der Waals surface area contributed by atoms with Crippen molar-refractivity contribution >= 4 is 0 Å². The molecule has 1 saturated heterocycles. The van der Waals surface area contributed by atoms with Gasteiger partial charge in [0, 0.05) is 25.7 Å². The molecular weight excluding hydrogens is 236 g/mol. The molecule has 0 spiro atoms. The lowest BCUT2D eigenvalue weighted by molar-refractivity contribution is 0.130. The number of benzene rings is 1. The third-order valence-corrected chi connectivity index (χ3v) is 4.17. The monoisotopic (exact) mass is 262 g/mol. The number of aliphatic hydroxyl groups is 1. The molecule has 2 atom stereocenters. The number of nitrogens with one attached hydrogen (secondary N) is 1. The summed E-state index contributed by atoms with van der Waals surface area (Å²) < 4.78 is 0. The average molecular weight is 262 g/mol. The van der Waals surface area contributed by atoms with Gasteiger partial charge in [0.05, 0.1) is 0 Å². The first kappa shape index (κ1) is 14.5. The molecule has 2 N–H and O–H groups in total. The summed E-state index contributed by atoms with van der Waals surface area (Å²) in [7, 11) is 2.01. The van der Waals surface area contributed by atoms with Gasteiger partial charge >= 0.3 is 0 Å². The maximum Gasteiger partial charge on any atom is 0.0445 e. The third-order valence-electron chi connectivity index (χ3n) is 4.17. The molecule has 0 unspecified atom stereocenters. The number of nitrogens with zero attached hydrogens (tertiary/aromatic N) is 1. The number of likely N-dealkylation sites (tertiary alicyclic amines) is 1. The molecule has 3 nitrogen and oxygen atoms in total. The average Bonchev–Trinajstić information content (AvgIpc) is 2.46. The van der Waals surface area contributed by atoms with E-state index in [1.165, 1.54) is 24.9 Å². The zero-order valence-corrected chi connectivity index (χ0v) is 11.9. The number of hydrogen-bond acceptors (Lipinski definition) is 3. The minimum atomic E-state index is 0.278. The fourth-order valence-electron chi connectivity index (χ4n) is 3.16. The lowest BCUT2D eigenvalue weighted by atomic mass is 9.89. The van der Waals surface area contributed by atoms with Gasteiger partial charge in [-0.25, -0.2) is 0 Å². The van der Waals surface area contributed by atoms with Crippen LogP contribution >= 0.6 is 0 Å². The van der Waals surface area contributed by atoms with Crippen molar-refractivity contribution in [2.24, 2.45) is 5.92 Å². The predicted octanol–water partition coefficient (Wildman–Crippen LogP) is 1.87. The molecule has 1 fully saturated rings. The van der Waals surface area contributed by atoms with E-state index in [2.05, 4.69) is 40.5 Å². The molecule has 0 amide bonds. The van der Waals surface area contributed by atoms with E-state index >= 15 is 0 Å². The summed E-state index contributed by atoms with van der Waals surface area (Å²) in [6.07, 6.45) is 3.40. The minimum absolute atomic E-state index is 0.278. The van der Waals surface area contributed by atoms with Crippen molar-refractivity contribution in [2.45, 2.75) is 31.8 Å². The summed E-state index contributed by atoms with van der Waals surface area (Å²) in [6, 6.07) is 11.1. The van der Waals surface area contributed by atoms with Gasteiger partial charge in [0.15, 0.2) is 0 Å². The van der Waals surface area contributed by atoms with Crippen LogP contribution in [0.3, 0.4) is 0 Å². The third kappa shape index (κ3) is 4.30. The van der Waals surface area contributed by atoms with Gasteiger partial charge in [-0.15, -0.1) is 0 Å². The lowest BCUT2D eigenvalue weighted by Crippen LogP contribution is -2.44. The fraction of sp³-hybridized carbons (Fsp3) is 0.625. The molecule has 1 aliphatic heterocycles. The van der Waals surface area contributed by atoms with Crippen LogP contribution in [0.15, 0.2) is 30.3 Å².